The number of aldehydes is 1. The first-order valence-corrected chi connectivity index (χ1v) is 36.6. The van der Waals surface area contributed by atoms with Crippen LogP contribution >= 0.6 is 21.6 Å². The third-order valence-corrected chi connectivity index (χ3v) is 20.1. The van der Waals surface area contributed by atoms with Gasteiger partial charge >= 0.3 is 5.97 Å². The second kappa shape index (κ2) is 38.4. The molecule has 1 aliphatic rings. The molecule has 107 heavy (non-hydrogen) atoms. The topological polar surface area (TPSA) is 541 Å². The smallest absolute Gasteiger partial charge is 0.305 e. The zero-order valence-corrected chi connectivity index (χ0v) is 60.2. The number of benzene rings is 4. The lowest BCUT2D eigenvalue weighted by Crippen LogP contribution is -2.63. The number of aliphatic carboxylic acids is 1. The molecular weight excluding hydrogens is 1430 g/mol. The fourth-order valence-corrected chi connectivity index (χ4v) is 14.2. The molecular formula is C71H85N17O17S2. The maximum absolute atomic E-state index is 15.0. The molecule has 1 saturated heterocycles. The van der Waals surface area contributed by atoms with Crippen molar-refractivity contribution in [3.05, 3.63) is 138 Å². The predicted molar refractivity (Wildman–Crippen MR) is 393 cm³/mol. The van der Waals surface area contributed by atoms with E-state index in [4.69, 9.17) is 11.5 Å². The number of imidazole rings is 1. The molecule has 0 spiro atoms. The van der Waals surface area contributed by atoms with Gasteiger partial charge in [0, 0.05) is 90.2 Å². The zero-order chi connectivity index (χ0) is 77.6. The van der Waals surface area contributed by atoms with Crippen molar-refractivity contribution in [1.82, 2.24) is 78.4 Å². The Hall–Kier alpha value is -11.7. The zero-order valence-electron chi connectivity index (χ0n) is 58.6. The first kappa shape index (κ1) is 81.0. The molecule has 1 fully saturated rings. The normalized spacial score (nSPS) is 20.5. The molecule has 3 aromatic heterocycles. The Morgan fingerprint density at radius 2 is 1.11 bits per heavy atom. The van der Waals surface area contributed by atoms with Gasteiger partial charge in [-0.25, -0.2) is 4.98 Å². The van der Waals surface area contributed by atoms with E-state index in [1.807, 2.05) is 6.07 Å². The minimum absolute atomic E-state index is 0.0720. The fraction of sp³-hybridized carbons (Fsp3) is 0.380. The summed E-state index contributed by atoms with van der Waals surface area (Å²) in [6, 6.07) is 7.34. The van der Waals surface area contributed by atoms with Crippen LogP contribution in [0.5, 0.6) is 0 Å². The van der Waals surface area contributed by atoms with Crippen molar-refractivity contribution in [2.75, 3.05) is 11.5 Å². The number of carbonyl (C=O) groups excluding carboxylic acids is 14. The molecule has 8 rings (SSSR count). The van der Waals surface area contributed by atoms with Crippen molar-refractivity contribution < 1.29 is 82.1 Å². The summed E-state index contributed by atoms with van der Waals surface area (Å²) in [5.41, 5.74) is 14.6. The van der Waals surface area contributed by atoms with Gasteiger partial charge in [0.15, 0.2) is 0 Å². The number of carbonyl (C=O) groups is 15. The minimum atomic E-state index is -2.05. The van der Waals surface area contributed by atoms with Gasteiger partial charge in [-0.15, -0.1) is 0 Å². The lowest BCUT2D eigenvalue weighted by atomic mass is 9.97. The first-order valence-electron chi connectivity index (χ1n) is 34.1. The number of nitrogens with zero attached hydrogens (tertiary/aromatic N) is 1. The number of rotatable bonds is 27. The van der Waals surface area contributed by atoms with E-state index < -0.39 is 198 Å². The van der Waals surface area contributed by atoms with E-state index in [0.717, 1.165) is 37.9 Å². The number of hydrogen-bond donors (Lipinski definition) is 18. The molecule has 13 atom stereocenters. The fourth-order valence-electron chi connectivity index (χ4n) is 11.9. The molecule has 568 valence electrons. The number of aliphatic hydroxyl groups is 1. The molecule has 36 heteroatoms. The standard InChI is InChI=1S/C71H85N17O17S2/c1-5-35(2)60(87-71(105)61(36(3)90)88-67(101)50(78-37(4)91)23-42-29-76-48-17-11-9-15-46(42)48)70(104)86-56-33-107-106-32-55(68(102)79-44(31-89)22-41-28-75-47-16-10-8-14-45(41)47)85-66(100)54(27-59(94)95)84-63(97)51(24-43-30-74-34-77-43)81-62(96)49(21-38-18-19-39-12-6-7-13-40(39)20-38)80-64(98)52(25-57(72)92)82-65(99)53(26-58(73)93)83-69(56)103/h6-20,28-31,34-36,44,49-56,60-61,75-76,90H,5,21-27,32-33H2,1-4H3,(H2,72,92)(H2,73,93)(H,74,77)(H,78,91)(H,79,102)(H,80,98)(H,81,96)(H,82,99)(H,83,103)(H,84,97)(H,85,100)(H,86,104)(H,87,105)(H,88,101)(H,94,95)/t35-,36+,44-,49-,50-,51-,52-,53-,54-,55-,56-,60-,61-/m0/s1. The predicted octanol–water partition coefficient (Wildman–Crippen LogP) is -1.60. The quantitative estimate of drug-likeness (QED) is 0.0204. The number of aromatic amines is 3. The van der Waals surface area contributed by atoms with Crippen molar-refractivity contribution in [3.8, 4) is 0 Å². The van der Waals surface area contributed by atoms with E-state index in [0.29, 0.717) is 39.3 Å². The van der Waals surface area contributed by atoms with E-state index in [1.165, 1.54) is 26.4 Å². The van der Waals surface area contributed by atoms with Crippen LogP contribution in [0.4, 0.5) is 0 Å². The minimum Gasteiger partial charge on any atom is -0.481 e. The number of primary amides is 2. The Balaban J connectivity index is 1.15. The van der Waals surface area contributed by atoms with Gasteiger partial charge in [0.05, 0.1) is 37.7 Å². The molecule has 0 unspecified atom stereocenters. The van der Waals surface area contributed by atoms with Crippen LogP contribution in [0.15, 0.2) is 116 Å². The SMILES string of the molecule is CC[C@H](C)[C@H](NC(=O)[C@@H](NC(=O)[C@H](Cc1c[nH]c2ccccc12)NC(C)=O)[C@@H](C)O)C(=O)N[C@H]1CSSC[C@@H](C(=O)N[C@H](C=O)Cc2c[nH]c3ccccc23)NC(=O)[C@H](CC(=O)O)NC(=O)[C@H](Cc2cnc[nH]2)NC(=O)[C@H](Cc2ccc3ccccc3c2)NC(=O)[C@H](CC(N)=O)NC(=O)[C@H](CC(N)=O)NC1=O. The highest BCUT2D eigenvalue weighted by molar-refractivity contribution is 8.76. The largest absolute Gasteiger partial charge is 0.481 e. The molecule has 1 aliphatic heterocycles. The highest BCUT2D eigenvalue weighted by Gasteiger charge is 2.40. The van der Waals surface area contributed by atoms with Crippen LogP contribution in [-0.2, 0) is 97.6 Å². The number of amides is 13. The molecule has 34 nitrogen and oxygen atoms in total. The van der Waals surface area contributed by atoms with Gasteiger partial charge in [-0.2, -0.15) is 0 Å². The van der Waals surface area contributed by atoms with Crippen LogP contribution in [0.25, 0.3) is 32.6 Å². The number of aliphatic hydroxyl groups excluding tert-OH is 1. The van der Waals surface area contributed by atoms with Crippen LogP contribution in [0.1, 0.15) is 75.8 Å². The summed E-state index contributed by atoms with van der Waals surface area (Å²) in [5.74, 6) is -18.0. The van der Waals surface area contributed by atoms with Gasteiger partial charge in [-0.05, 0) is 52.4 Å². The van der Waals surface area contributed by atoms with Crippen molar-refractivity contribution in [2.45, 2.75) is 152 Å². The summed E-state index contributed by atoms with van der Waals surface area (Å²) >= 11 is 0. The van der Waals surface area contributed by atoms with E-state index in [1.54, 1.807) is 111 Å². The Bertz CT molecular complexity index is 4430. The van der Waals surface area contributed by atoms with E-state index in [9.17, 15) is 82.1 Å². The number of aromatic nitrogens is 4. The second-order valence-electron chi connectivity index (χ2n) is 25.8. The number of hydrogen-bond acceptors (Lipinski definition) is 19. The van der Waals surface area contributed by atoms with Crippen molar-refractivity contribution >= 4 is 143 Å². The number of H-pyrrole nitrogens is 3. The van der Waals surface area contributed by atoms with Gasteiger partial charge < -0.3 is 99.9 Å². The highest BCUT2D eigenvalue weighted by Crippen LogP contribution is 2.26. The van der Waals surface area contributed by atoms with Crippen molar-refractivity contribution in [3.63, 3.8) is 0 Å². The number of nitrogens with one attached hydrogen (secondary N) is 14. The third-order valence-electron chi connectivity index (χ3n) is 17.7. The molecule has 20 N–H and O–H groups in total. The molecule has 13 amide bonds. The summed E-state index contributed by atoms with van der Waals surface area (Å²) < 4.78 is 0. The Morgan fingerprint density at radius 1 is 0.589 bits per heavy atom. The van der Waals surface area contributed by atoms with Crippen LogP contribution in [0.2, 0.25) is 0 Å². The summed E-state index contributed by atoms with van der Waals surface area (Å²) in [5, 5.41) is 51.7. The maximum atomic E-state index is 15.0. The molecule has 4 aromatic carbocycles. The van der Waals surface area contributed by atoms with Gasteiger partial charge in [0.2, 0.25) is 76.8 Å². The molecule has 0 saturated carbocycles. The number of fused-ring (bicyclic) bond motifs is 3. The molecule has 4 heterocycles. The summed E-state index contributed by atoms with van der Waals surface area (Å²) in [6.07, 6.45) is 0.735. The number of carboxylic acids is 1. The molecule has 0 aliphatic carbocycles. The van der Waals surface area contributed by atoms with Gasteiger partial charge in [0.25, 0.3) is 0 Å². The molecule has 7 aromatic rings. The Morgan fingerprint density at radius 3 is 1.67 bits per heavy atom. The monoisotopic (exact) mass is 1510 g/mol. The van der Waals surface area contributed by atoms with Crippen LogP contribution < -0.4 is 70.0 Å². The summed E-state index contributed by atoms with van der Waals surface area (Å²) in [6.45, 7) is 5.56. The average Bonchev–Trinajstić information content (AvgIpc) is 1.67. The third kappa shape index (κ3) is 23.2. The van der Waals surface area contributed by atoms with Crippen LogP contribution in [-0.4, -0.2) is 203 Å². The Labute approximate surface area is 619 Å². The van der Waals surface area contributed by atoms with E-state index in [2.05, 4.69) is 78.4 Å². The molecule has 0 radical (unpaired) electrons. The lowest BCUT2D eigenvalue weighted by Gasteiger charge is -2.30. The highest BCUT2D eigenvalue weighted by atomic mass is 33.1. The van der Waals surface area contributed by atoms with E-state index >= 15 is 0 Å². The summed E-state index contributed by atoms with van der Waals surface area (Å²) in [7, 11) is 1.51. The lowest BCUT2D eigenvalue weighted by molar-refractivity contribution is -0.141. The average molecular weight is 1510 g/mol. The Kier molecular flexibility index (Phi) is 29.1. The summed E-state index contributed by atoms with van der Waals surface area (Å²) in [4.78, 5) is 224. The van der Waals surface area contributed by atoms with Crippen molar-refractivity contribution in [1.29, 1.82) is 0 Å². The van der Waals surface area contributed by atoms with E-state index in [-0.39, 0.29) is 31.4 Å². The number of nitrogens with two attached hydrogens (primary N) is 2. The number of para-hydroxylation sites is 2. The van der Waals surface area contributed by atoms with Gasteiger partial charge in [-0.1, -0.05) is 121 Å². The van der Waals surface area contributed by atoms with Gasteiger partial charge in [0.1, 0.15) is 66.7 Å². The van der Waals surface area contributed by atoms with Crippen LogP contribution in [0.3, 0.4) is 0 Å². The first-order chi connectivity index (χ1) is 51.1. The second-order valence-corrected chi connectivity index (χ2v) is 28.4. The molecule has 0 bridgehead atoms. The number of carboxylic acid groups (broad SMARTS) is 1. The van der Waals surface area contributed by atoms with Crippen molar-refractivity contribution in [2.24, 2.45) is 17.4 Å². The van der Waals surface area contributed by atoms with Crippen LogP contribution in [0, 0.1) is 5.92 Å². The van der Waals surface area contributed by atoms with Gasteiger partial charge in [-0.3, -0.25) is 67.1 Å². The maximum Gasteiger partial charge on any atom is 0.305 e.